The predicted octanol–water partition coefficient (Wildman–Crippen LogP) is 2.73. The molecule has 2 rings (SSSR count). The zero-order valence-electron chi connectivity index (χ0n) is 9.67. The number of aliphatic hydroxyl groups is 1. The highest BCUT2D eigenvalue weighted by molar-refractivity contribution is 5.62. The van der Waals surface area contributed by atoms with Crippen LogP contribution in [0.3, 0.4) is 0 Å². The third-order valence-corrected chi connectivity index (χ3v) is 2.99. The largest absolute Gasteiger partial charge is 0.388 e. The molecule has 0 radical (unpaired) electrons. The van der Waals surface area contributed by atoms with Crippen molar-refractivity contribution in [3.63, 3.8) is 0 Å². The van der Waals surface area contributed by atoms with E-state index in [0.717, 1.165) is 24.2 Å². The maximum Gasteiger partial charge on any atom is 0.0858 e. The summed E-state index contributed by atoms with van der Waals surface area (Å²) in [4.78, 5) is 0. The molecule has 1 atom stereocenters. The Labute approximate surface area is 91.3 Å². The molecule has 0 fully saturated rings. The van der Waals surface area contributed by atoms with Crippen molar-refractivity contribution in [1.82, 2.24) is 0 Å². The lowest BCUT2D eigenvalue weighted by Gasteiger charge is -2.27. The van der Waals surface area contributed by atoms with Gasteiger partial charge in [0.2, 0.25) is 0 Å². The summed E-state index contributed by atoms with van der Waals surface area (Å²) in [6.45, 7) is 7.17. The number of hydrogen-bond donors (Lipinski definition) is 2. The zero-order valence-corrected chi connectivity index (χ0v) is 9.67. The average molecular weight is 205 g/mol. The Kier molecular flexibility index (Phi) is 2.47. The van der Waals surface area contributed by atoms with Crippen molar-refractivity contribution in [2.45, 2.75) is 33.3 Å². The summed E-state index contributed by atoms with van der Waals surface area (Å²) in [5.74, 6) is 0. The second-order valence-electron chi connectivity index (χ2n) is 5.33. The Morgan fingerprint density at radius 2 is 2.07 bits per heavy atom. The number of rotatable bonds is 1. The lowest BCUT2D eigenvalue weighted by molar-refractivity contribution is 0.0632. The molecule has 2 nitrogen and oxygen atoms in total. The molecule has 1 heterocycles. The molecule has 1 aliphatic rings. The van der Waals surface area contributed by atoms with Gasteiger partial charge in [0.1, 0.15) is 0 Å². The molecule has 2 heteroatoms. The van der Waals surface area contributed by atoms with Gasteiger partial charge in [0, 0.05) is 17.8 Å². The van der Waals surface area contributed by atoms with Crippen LogP contribution in [-0.4, -0.2) is 11.7 Å². The predicted molar refractivity (Wildman–Crippen MR) is 63.1 cm³/mol. The lowest BCUT2D eigenvalue weighted by Crippen LogP contribution is -2.18. The number of aliphatic hydroxyl groups excluding tert-OH is 1. The molecule has 0 saturated heterocycles. The highest BCUT2D eigenvalue weighted by Crippen LogP contribution is 2.39. The van der Waals surface area contributed by atoms with Gasteiger partial charge in [0.25, 0.3) is 0 Å². The van der Waals surface area contributed by atoms with Gasteiger partial charge < -0.3 is 10.4 Å². The van der Waals surface area contributed by atoms with Gasteiger partial charge in [0.15, 0.2) is 0 Å². The van der Waals surface area contributed by atoms with Crippen molar-refractivity contribution >= 4 is 5.69 Å². The third-order valence-electron chi connectivity index (χ3n) is 2.99. The Bertz CT molecular complexity index is 365. The van der Waals surface area contributed by atoms with Gasteiger partial charge in [-0.1, -0.05) is 39.0 Å². The Morgan fingerprint density at radius 3 is 2.73 bits per heavy atom. The average Bonchev–Trinajstić information content (AvgIpc) is 2.62. The van der Waals surface area contributed by atoms with E-state index in [9.17, 15) is 5.11 Å². The first-order chi connectivity index (χ1) is 7.00. The fourth-order valence-corrected chi connectivity index (χ4v) is 2.06. The zero-order chi connectivity index (χ0) is 11.1. The quantitative estimate of drug-likeness (QED) is 0.739. The van der Waals surface area contributed by atoms with Crippen LogP contribution in [0.1, 0.15) is 38.0 Å². The molecule has 15 heavy (non-hydrogen) atoms. The molecule has 1 aromatic rings. The van der Waals surface area contributed by atoms with Gasteiger partial charge >= 0.3 is 0 Å². The second-order valence-corrected chi connectivity index (χ2v) is 5.33. The van der Waals surface area contributed by atoms with Crippen molar-refractivity contribution < 1.29 is 5.11 Å². The van der Waals surface area contributed by atoms with Gasteiger partial charge in [-0.3, -0.25) is 0 Å². The number of anilines is 1. The summed E-state index contributed by atoms with van der Waals surface area (Å²) in [6.07, 6.45) is 0.665. The first kappa shape index (κ1) is 10.5. The van der Waals surface area contributed by atoms with E-state index in [0.29, 0.717) is 0 Å². The summed E-state index contributed by atoms with van der Waals surface area (Å²) in [7, 11) is 0. The van der Waals surface area contributed by atoms with Crippen LogP contribution in [0.25, 0.3) is 0 Å². The monoisotopic (exact) mass is 205 g/mol. The summed E-state index contributed by atoms with van der Waals surface area (Å²) >= 11 is 0. The van der Waals surface area contributed by atoms with Crippen LogP contribution in [0.2, 0.25) is 0 Å². The first-order valence-corrected chi connectivity index (χ1v) is 5.54. The van der Waals surface area contributed by atoms with Gasteiger partial charge in [-0.05, 0) is 17.4 Å². The number of hydrogen-bond acceptors (Lipinski definition) is 2. The van der Waals surface area contributed by atoms with E-state index < -0.39 is 6.10 Å². The van der Waals surface area contributed by atoms with Crippen molar-refractivity contribution in [2.75, 3.05) is 11.9 Å². The summed E-state index contributed by atoms with van der Waals surface area (Å²) in [6, 6.07) is 6.19. The maximum atomic E-state index is 10.3. The fourth-order valence-electron chi connectivity index (χ4n) is 2.06. The van der Waals surface area contributed by atoms with E-state index in [4.69, 9.17) is 0 Å². The molecule has 0 aliphatic carbocycles. The van der Waals surface area contributed by atoms with Crippen molar-refractivity contribution in [3.8, 4) is 0 Å². The van der Waals surface area contributed by atoms with E-state index in [1.807, 2.05) is 12.1 Å². The number of nitrogens with one attached hydrogen (secondary N) is 1. The normalized spacial score (nSPS) is 17.1. The van der Waals surface area contributed by atoms with Gasteiger partial charge in [-0.15, -0.1) is 0 Å². The maximum absolute atomic E-state index is 10.3. The minimum absolute atomic E-state index is 0.112. The smallest absolute Gasteiger partial charge is 0.0858 e. The fraction of sp³-hybridized carbons (Fsp3) is 0.538. The van der Waals surface area contributed by atoms with Crippen LogP contribution >= 0.6 is 0 Å². The van der Waals surface area contributed by atoms with E-state index in [-0.39, 0.29) is 5.41 Å². The van der Waals surface area contributed by atoms with Crippen molar-refractivity contribution in [2.24, 2.45) is 5.41 Å². The van der Waals surface area contributed by atoms with Gasteiger partial charge in [-0.25, -0.2) is 0 Å². The molecule has 2 N–H and O–H groups in total. The van der Waals surface area contributed by atoms with Gasteiger partial charge in [-0.2, -0.15) is 0 Å². The van der Waals surface area contributed by atoms with E-state index in [1.165, 1.54) is 5.56 Å². The summed E-state index contributed by atoms with van der Waals surface area (Å²) in [5, 5.41) is 13.6. The molecule has 0 aromatic heterocycles. The van der Waals surface area contributed by atoms with E-state index in [1.54, 1.807) is 0 Å². The lowest BCUT2D eigenvalue weighted by atomic mass is 9.83. The van der Waals surface area contributed by atoms with Crippen molar-refractivity contribution in [3.05, 3.63) is 29.3 Å². The number of para-hydroxylation sites is 1. The first-order valence-electron chi connectivity index (χ1n) is 5.54. The summed E-state index contributed by atoms with van der Waals surface area (Å²) < 4.78 is 0. The molecule has 0 amide bonds. The van der Waals surface area contributed by atoms with Crippen LogP contribution in [0.5, 0.6) is 0 Å². The number of fused-ring (bicyclic) bond motifs is 1. The molecule has 1 aromatic carbocycles. The molecule has 1 unspecified atom stereocenters. The van der Waals surface area contributed by atoms with Crippen LogP contribution in [0.15, 0.2) is 18.2 Å². The van der Waals surface area contributed by atoms with Gasteiger partial charge in [0.05, 0.1) is 6.10 Å². The SMILES string of the molecule is CC(C)(C)C(O)c1cccc2c1NCC2. The van der Waals surface area contributed by atoms with Crippen molar-refractivity contribution in [1.29, 1.82) is 0 Å². The topological polar surface area (TPSA) is 32.3 Å². The Balaban J connectivity index is 2.41. The van der Waals surface area contributed by atoms with Crippen LogP contribution < -0.4 is 5.32 Å². The molecule has 0 spiro atoms. The standard InChI is InChI=1S/C13H19NO/c1-13(2,3)12(15)10-6-4-5-9-7-8-14-11(9)10/h4-6,12,14-15H,7-8H2,1-3H3. The molecular formula is C13H19NO. The number of benzene rings is 1. The minimum Gasteiger partial charge on any atom is -0.388 e. The third kappa shape index (κ3) is 1.86. The Hall–Kier alpha value is -1.02. The molecule has 1 aliphatic heterocycles. The Morgan fingerprint density at radius 1 is 1.33 bits per heavy atom. The molecule has 0 bridgehead atoms. The molecule has 0 saturated carbocycles. The highest BCUT2D eigenvalue weighted by Gasteiger charge is 2.27. The van der Waals surface area contributed by atoms with Crippen LogP contribution in [-0.2, 0) is 6.42 Å². The second kappa shape index (κ2) is 3.53. The van der Waals surface area contributed by atoms with Crippen LogP contribution in [0, 0.1) is 5.41 Å². The van der Waals surface area contributed by atoms with E-state index >= 15 is 0 Å². The summed E-state index contributed by atoms with van der Waals surface area (Å²) in [5.41, 5.74) is 3.41. The van der Waals surface area contributed by atoms with E-state index in [2.05, 4.69) is 32.2 Å². The molecule has 82 valence electrons. The minimum atomic E-state index is -0.405. The molecular weight excluding hydrogens is 186 g/mol. The highest BCUT2D eigenvalue weighted by atomic mass is 16.3. The van der Waals surface area contributed by atoms with Crippen LogP contribution in [0.4, 0.5) is 5.69 Å².